The van der Waals surface area contributed by atoms with Crippen molar-refractivity contribution < 1.29 is 18.1 Å². The molecule has 27 heavy (non-hydrogen) atoms. The number of rotatable bonds is 4. The Morgan fingerprint density at radius 1 is 1.07 bits per heavy atom. The van der Waals surface area contributed by atoms with Crippen LogP contribution in [0.4, 0.5) is 14.5 Å². The van der Waals surface area contributed by atoms with Gasteiger partial charge in [-0.25, -0.2) is 8.78 Å². The molecule has 1 aliphatic carbocycles. The molecule has 1 saturated carbocycles. The second kappa shape index (κ2) is 7.26. The summed E-state index contributed by atoms with van der Waals surface area (Å²) in [5, 5.41) is 6.38. The number of anilines is 1. The normalized spacial score (nSPS) is 14.4. The van der Waals surface area contributed by atoms with Crippen LogP contribution < -0.4 is 5.32 Å². The van der Waals surface area contributed by atoms with Crippen LogP contribution in [0.25, 0.3) is 11.4 Å². The van der Waals surface area contributed by atoms with Crippen molar-refractivity contribution >= 4 is 11.6 Å². The summed E-state index contributed by atoms with van der Waals surface area (Å²) < 4.78 is 32.2. The molecule has 3 aromatic rings. The van der Waals surface area contributed by atoms with Crippen LogP contribution in [0.3, 0.4) is 0 Å². The van der Waals surface area contributed by atoms with E-state index < -0.39 is 17.5 Å². The average molecular weight is 369 g/mol. The fourth-order valence-electron chi connectivity index (χ4n) is 3.25. The molecule has 1 aliphatic rings. The molecule has 1 N–H and O–H groups in total. The van der Waals surface area contributed by atoms with Gasteiger partial charge in [-0.3, -0.25) is 4.79 Å². The van der Waals surface area contributed by atoms with Crippen LogP contribution >= 0.6 is 0 Å². The number of aromatic nitrogens is 2. The Morgan fingerprint density at radius 2 is 1.81 bits per heavy atom. The maximum Gasteiger partial charge on any atom is 0.255 e. The SMILES string of the molecule is O=C(Nc1cc(F)ccc1F)c1ccc(-c2noc(C3CCCC3)n2)cc1. The molecule has 0 saturated heterocycles. The zero-order valence-electron chi connectivity index (χ0n) is 14.4. The van der Waals surface area contributed by atoms with Gasteiger partial charge in [0, 0.05) is 23.1 Å². The first kappa shape index (κ1) is 17.3. The molecule has 2 aromatic carbocycles. The largest absolute Gasteiger partial charge is 0.339 e. The number of carbonyl (C=O) groups excluding carboxylic acids is 1. The summed E-state index contributed by atoms with van der Waals surface area (Å²) in [6, 6.07) is 9.43. The average Bonchev–Trinajstić information content (AvgIpc) is 3.36. The summed E-state index contributed by atoms with van der Waals surface area (Å²) in [4.78, 5) is 16.7. The molecule has 0 radical (unpaired) electrons. The van der Waals surface area contributed by atoms with Crippen LogP contribution in [0.2, 0.25) is 0 Å². The van der Waals surface area contributed by atoms with Crippen molar-refractivity contribution in [3.8, 4) is 11.4 Å². The van der Waals surface area contributed by atoms with Gasteiger partial charge in [0.05, 0.1) is 5.69 Å². The van der Waals surface area contributed by atoms with Crippen LogP contribution in [-0.2, 0) is 0 Å². The molecule has 0 aliphatic heterocycles. The molecule has 0 unspecified atom stereocenters. The van der Waals surface area contributed by atoms with Gasteiger partial charge in [0.2, 0.25) is 11.7 Å². The summed E-state index contributed by atoms with van der Waals surface area (Å²) in [5.41, 5.74) is 0.821. The lowest BCUT2D eigenvalue weighted by Crippen LogP contribution is -2.13. The second-order valence-electron chi connectivity index (χ2n) is 6.59. The minimum Gasteiger partial charge on any atom is -0.339 e. The molecular weight excluding hydrogens is 352 g/mol. The number of nitrogens with one attached hydrogen (secondary N) is 1. The molecule has 4 rings (SSSR count). The van der Waals surface area contributed by atoms with Crippen LogP contribution in [0, 0.1) is 11.6 Å². The number of halogens is 2. The minimum absolute atomic E-state index is 0.205. The molecule has 7 heteroatoms. The third kappa shape index (κ3) is 3.72. The minimum atomic E-state index is -0.701. The van der Waals surface area contributed by atoms with Crippen LogP contribution in [0.5, 0.6) is 0 Å². The van der Waals surface area contributed by atoms with Crippen molar-refractivity contribution in [1.29, 1.82) is 0 Å². The Kier molecular flexibility index (Phi) is 4.66. The number of amides is 1. The molecule has 0 bridgehead atoms. The van der Waals surface area contributed by atoms with Crippen LogP contribution in [0.1, 0.15) is 47.8 Å². The third-order valence-electron chi connectivity index (χ3n) is 4.73. The van der Waals surface area contributed by atoms with E-state index in [1.54, 1.807) is 24.3 Å². The highest BCUT2D eigenvalue weighted by atomic mass is 19.1. The van der Waals surface area contributed by atoms with Gasteiger partial charge in [-0.1, -0.05) is 30.1 Å². The quantitative estimate of drug-likeness (QED) is 0.708. The van der Waals surface area contributed by atoms with Crippen LogP contribution in [-0.4, -0.2) is 16.0 Å². The highest BCUT2D eigenvalue weighted by Crippen LogP contribution is 2.33. The first-order valence-electron chi connectivity index (χ1n) is 8.80. The van der Waals surface area contributed by atoms with Gasteiger partial charge in [-0.15, -0.1) is 0 Å². The van der Waals surface area contributed by atoms with Crippen molar-refractivity contribution in [2.75, 3.05) is 5.32 Å². The summed E-state index contributed by atoms with van der Waals surface area (Å²) in [6.07, 6.45) is 4.49. The molecule has 1 aromatic heterocycles. The lowest BCUT2D eigenvalue weighted by Gasteiger charge is -2.07. The van der Waals surface area contributed by atoms with Gasteiger partial charge in [-0.05, 0) is 37.1 Å². The molecule has 1 fully saturated rings. The number of benzene rings is 2. The van der Waals surface area contributed by atoms with Crippen molar-refractivity contribution in [2.45, 2.75) is 31.6 Å². The van der Waals surface area contributed by atoms with E-state index in [-0.39, 0.29) is 5.69 Å². The van der Waals surface area contributed by atoms with Crippen LogP contribution in [0.15, 0.2) is 47.0 Å². The first-order valence-corrected chi connectivity index (χ1v) is 8.80. The lowest BCUT2D eigenvalue weighted by atomic mass is 10.1. The Bertz CT molecular complexity index is 964. The number of nitrogens with zero attached hydrogens (tertiary/aromatic N) is 2. The van der Waals surface area contributed by atoms with E-state index >= 15 is 0 Å². The van der Waals surface area contributed by atoms with Crippen molar-refractivity contribution in [3.05, 3.63) is 65.6 Å². The maximum absolute atomic E-state index is 13.7. The molecular formula is C20H17F2N3O2. The van der Waals surface area contributed by atoms with E-state index in [0.717, 1.165) is 36.6 Å². The Morgan fingerprint density at radius 3 is 2.56 bits per heavy atom. The molecule has 138 valence electrons. The first-order chi connectivity index (χ1) is 13.1. The highest BCUT2D eigenvalue weighted by molar-refractivity contribution is 6.04. The second-order valence-corrected chi connectivity index (χ2v) is 6.59. The third-order valence-corrected chi connectivity index (χ3v) is 4.73. The predicted octanol–water partition coefficient (Wildman–Crippen LogP) is 4.92. The van der Waals surface area contributed by atoms with Gasteiger partial charge in [0.1, 0.15) is 11.6 Å². The fourth-order valence-corrected chi connectivity index (χ4v) is 3.25. The highest BCUT2D eigenvalue weighted by Gasteiger charge is 2.23. The molecule has 1 heterocycles. The van der Waals surface area contributed by atoms with Gasteiger partial charge >= 0.3 is 0 Å². The van der Waals surface area contributed by atoms with E-state index in [9.17, 15) is 13.6 Å². The predicted molar refractivity (Wildman–Crippen MR) is 95.3 cm³/mol. The molecule has 0 spiro atoms. The fraction of sp³-hybridized carbons (Fsp3) is 0.250. The number of hydrogen-bond donors (Lipinski definition) is 1. The molecule has 5 nitrogen and oxygen atoms in total. The summed E-state index contributed by atoms with van der Waals surface area (Å²) in [7, 11) is 0. The van der Waals surface area contributed by atoms with E-state index in [4.69, 9.17) is 4.52 Å². The summed E-state index contributed by atoms with van der Waals surface area (Å²) in [5.74, 6) is -0.404. The van der Waals surface area contributed by atoms with E-state index in [1.807, 2.05) is 0 Å². The summed E-state index contributed by atoms with van der Waals surface area (Å²) in [6.45, 7) is 0. The zero-order chi connectivity index (χ0) is 18.8. The molecule has 1 amide bonds. The van der Waals surface area contributed by atoms with Crippen molar-refractivity contribution in [2.24, 2.45) is 0 Å². The zero-order valence-corrected chi connectivity index (χ0v) is 14.4. The van der Waals surface area contributed by atoms with Gasteiger partial charge in [0.15, 0.2) is 0 Å². The molecule has 0 atom stereocenters. The van der Waals surface area contributed by atoms with E-state index in [2.05, 4.69) is 15.5 Å². The smallest absolute Gasteiger partial charge is 0.255 e. The Labute approximate surface area is 154 Å². The van der Waals surface area contributed by atoms with Gasteiger partial charge in [0.25, 0.3) is 5.91 Å². The monoisotopic (exact) mass is 369 g/mol. The van der Waals surface area contributed by atoms with Gasteiger partial charge in [-0.2, -0.15) is 4.98 Å². The summed E-state index contributed by atoms with van der Waals surface area (Å²) >= 11 is 0. The number of hydrogen-bond acceptors (Lipinski definition) is 4. The van der Waals surface area contributed by atoms with E-state index in [0.29, 0.717) is 23.2 Å². The van der Waals surface area contributed by atoms with Gasteiger partial charge < -0.3 is 9.84 Å². The van der Waals surface area contributed by atoms with Crippen molar-refractivity contribution in [1.82, 2.24) is 10.1 Å². The maximum atomic E-state index is 13.7. The van der Waals surface area contributed by atoms with Crippen molar-refractivity contribution in [3.63, 3.8) is 0 Å². The Hall–Kier alpha value is -3.09. The van der Waals surface area contributed by atoms with E-state index in [1.165, 1.54) is 12.8 Å². The topological polar surface area (TPSA) is 68.0 Å². The Balaban J connectivity index is 1.48. The lowest BCUT2D eigenvalue weighted by molar-refractivity contribution is 0.102. The number of carbonyl (C=O) groups is 1. The standard InChI is InChI=1S/C20H17F2N3O2/c21-15-9-10-16(22)17(11-15)23-19(26)13-7-5-12(6-8-13)18-24-20(27-25-18)14-3-1-2-4-14/h5-11,14H,1-4H2,(H,23,26).